The van der Waals surface area contributed by atoms with E-state index in [0.29, 0.717) is 16.8 Å². The zero-order chi connectivity index (χ0) is 28.3. The molecule has 0 saturated heterocycles. The molecular weight excluding hydrogens is 541 g/mol. The van der Waals surface area contributed by atoms with Gasteiger partial charge < -0.3 is 10.6 Å². The maximum absolute atomic E-state index is 13.5. The highest BCUT2D eigenvalue weighted by Gasteiger charge is 2.38. The summed E-state index contributed by atoms with van der Waals surface area (Å²) in [5, 5.41) is 19.1. The molecule has 1 aromatic carbocycles. The van der Waals surface area contributed by atoms with Crippen molar-refractivity contribution >= 4 is 34.8 Å². The molecule has 16 heteroatoms. The number of pyridine rings is 1. The number of nitrogens with zero attached hydrogens (tertiary/aromatic N) is 8. The molecule has 0 bridgehead atoms. The largest absolute Gasteiger partial charge is 0.453 e. The fourth-order valence-electron chi connectivity index (χ4n) is 3.64. The van der Waals surface area contributed by atoms with Crippen LogP contribution in [0.5, 0.6) is 0 Å². The molecule has 2 amide bonds. The van der Waals surface area contributed by atoms with Gasteiger partial charge in [0.15, 0.2) is 11.5 Å². The van der Waals surface area contributed by atoms with Crippen molar-refractivity contribution in [3.63, 3.8) is 0 Å². The van der Waals surface area contributed by atoms with Gasteiger partial charge >= 0.3 is 6.18 Å². The number of alkyl halides is 3. The Morgan fingerprint density at radius 1 is 1.21 bits per heavy atom. The molecule has 4 aromatic rings. The first-order valence-corrected chi connectivity index (χ1v) is 11.6. The quantitative estimate of drug-likeness (QED) is 0.329. The molecule has 0 aliphatic carbocycles. The second kappa shape index (κ2) is 10.9. The van der Waals surface area contributed by atoms with Gasteiger partial charge in [-0.1, -0.05) is 17.7 Å². The number of aryl methyl sites for hydroxylation is 1. The molecule has 4 rings (SSSR count). The first kappa shape index (κ1) is 27.2. The first-order valence-electron chi connectivity index (χ1n) is 11.2. The highest BCUT2D eigenvalue weighted by atomic mass is 35.5. The highest BCUT2D eigenvalue weighted by molar-refractivity contribution is 6.32. The Kier molecular flexibility index (Phi) is 7.58. The Labute approximate surface area is 223 Å². The summed E-state index contributed by atoms with van der Waals surface area (Å²) in [6.07, 6.45) is -3.42. The van der Waals surface area contributed by atoms with E-state index in [9.17, 15) is 22.8 Å². The van der Waals surface area contributed by atoms with Gasteiger partial charge in [-0.05, 0) is 54.1 Å². The molecule has 0 saturated carbocycles. The van der Waals surface area contributed by atoms with Crippen LogP contribution >= 0.6 is 11.6 Å². The molecular formula is C23H18ClF3N10O2. The van der Waals surface area contributed by atoms with Gasteiger partial charge in [0.1, 0.15) is 5.69 Å². The Morgan fingerprint density at radius 3 is 2.64 bits per heavy atom. The van der Waals surface area contributed by atoms with Crippen LogP contribution in [0.4, 0.5) is 24.5 Å². The minimum absolute atomic E-state index is 0.0105. The fraction of sp³-hybridized carbons (Fsp3) is 0.217. The number of nitrogens with one attached hydrogen (secondary N) is 2. The monoisotopic (exact) mass is 558 g/mol. The highest BCUT2D eigenvalue weighted by Crippen LogP contribution is 2.30. The van der Waals surface area contributed by atoms with E-state index < -0.39 is 30.4 Å². The van der Waals surface area contributed by atoms with Gasteiger partial charge in [-0.25, -0.2) is 19.2 Å². The second-order valence-electron chi connectivity index (χ2n) is 8.01. The Balaban J connectivity index is 1.79. The number of carbonyl (C=O) groups is 2. The number of hydrogen-bond acceptors (Lipinski definition) is 7. The molecule has 2 N–H and O–H groups in total. The normalized spacial score (nSPS) is 11.2. The van der Waals surface area contributed by atoms with Gasteiger partial charge in [0, 0.05) is 12.7 Å². The van der Waals surface area contributed by atoms with Gasteiger partial charge in [0.25, 0.3) is 17.6 Å². The summed E-state index contributed by atoms with van der Waals surface area (Å²) in [5.74, 6) is -2.59. The van der Waals surface area contributed by atoms with Crippen molar-refractivity contribution in [3.8, 4) is 5.82 Å². The van der Waals surface area contributed by atoms with Crippen molar-refractivity contribution in [2.45, 2.75) is 26.6 Å². The lowest BCUT2D eigenvalue weighted by Crippen LogP contribution is -2.26. The summed E-state index contributed by atoms with van der Waals surface area (Å²) in [5.41, 5.74) is 0.665. The molecule has 0 radical (unpaired) electrons. The number of carbonyl (C=O) groups excluding carboxylic acids is 2. The molecule has 0 aliphatic heterocycles. The first-order chi connectivity index (χ1) is 18.5. The van der Waals surface area contributed by atoms with Crippen molar-refractivity contribution in [3.05, 3.63) is 81.3 Å². The minimum atomic E-state index is -4.82. The molecule has 0 spiro atoms. The van der Waals surface area contributed by atoms with Gasteiger partial charge in [-0.2, -0.15) is 18.3 Å². The van der Waals surface area contributed by atoms with Crippen molar-refractivity contribution in [2.24, 2.45) is 0 Å². The number of benzene rings is 1. The van der Waals surface area contributed by atoms with Crippen LogP contribution in [0.25, 0.3) is 10.7 Å². The lowest BCUT2D eigenvalue weighted by Gasteiger charge is -2.15. The molecule has 3 aromatic heterocycles. The van der Waals surface area contributed by atoms with E-state index in [1.807, 2.05) is 0 Å². The molecule has 200 valence electrons. The Hall–Kier alpha value is -4.84. The van der Waals surface area contributed by atoms with E-state index in [4.69, 9.17) is 18.2 Å². The summed E-state index contributed by atoms with van der Waals surface area (Å²) in [4.78, 5) is 33.7. The molecule has 39 heavy (non-hydrogen) atoms. The predicted octanol–water partition coefficient (Wildman–Crippen LogP) is 3.84. The SMILES string of the molecule is [C-]#[N+]c1cc(C)c(NC(=O)c2cc(Cn3nnnc3C(F)(F)F)nn2-c2ncccc2Cl)c(C(=O)NCC)c1. The molecule has 12 nitrogen and oxygen atoms in total. The Morgan fingerprint density at radius 2 is 1.97 bits per heavy atom. The number of hydrogen-bond donors (Lipinski definition) is 2. The van der Waals surface area contributed by atoms with E-state index in [-0.39, 0.29) is 39.2 Å². The smallest absolute Gasteiger partial charge is 0.352 e. The fourth-order valence-corrected chi connectivity index (χ4v) is 3.84. The van der Waals surface area contributed by atoms with E-state index in [1.54, 1.807) is 19.9 Å². The van der Waals surface area contributed by atoms with E-state index in [1.165, 1.54) is 30.5 Å². The van der Waals surface area contributed by atoms with Crippen LogP contribution in [-0.4, -0.2) is 53.3 Å². The van der Waals surface area contributed by atoms with Crippen molar-refractivity contribution < 1.29 is 22.8 Å². The van der Waals surface area contributed by atoms with E-state index >= 15 is 0 Å². The predicted molar refractivity (Wildman–Crippen MR) is 132 cm³/mol. The summed E-state index contributed by atoms with van der Waals surface area (Å²) >= 11 is 6.27. The van der Waals surface area contributed by atoms with Crippen LogP contribution in [0.15, 0.2) is 36.5 Å². The van der Waals surface area contributed by atoms with Crippen molar-refractivity contribution in [1.29, 1.82) is 0 Å². The van der Waals surface area contributed by atoms with Crippen LogP contribution < -0.4 is 10.6 Å². The number of halogens is 4. The molecule has 0 unspecified atom stereocenters. The number of anilines is 1. The summed E-state index contributed by atoms with van der Waals surface area (Å²) < 4.78 is 41.4. The summed E-state index contributed by atoms with van der Waals surface area (Å²) in [6.45, 7) is 10.4. The second-order valence-corrected chi connectivity index (χ2v) is 8.42. The summed E-state index contributed by atoms with van der Waals surface area (Å²) in [7, 11) is 0. The van der Waals surface area contributed by atoms with Crippen molar-refractivity contribution in [1.82, 2.24) is 40.3 Å². The van der Waals surface area contributed by atoms with Gasteiger partial charge in [-0.15, -0.1) is 5.10 Å². The van der Waals surface area contributed by atoms with Crippen LogP contribution in [0.3, 0.4) is 0 Å². The third-order valence-corrected chi connectivity index (χ3v) is 5.59. The lowest BCUT2D eigenvalue weighted by molar-refractivity contribution is -0.147. The van der Waals surface area contributed by atoms with Gasteiger partial charge in [0.05, 0.1) is 35.1 Å². The number of tetrazole rings is 1. The third kappa shape index (κ3) is 5.70. The maximum Gasteiger partial charge on any atom is 0.453 e. The van der Waals surface area contributed by atoms with Crippen LogP contribution in [0.1, 0.15) is 44.9 Å². The number of amides is 2. The maximum atomic E-state index is 13.5. The van der Waals surface area contributed by atoms with Crippen LogP contribution in [0, 0.1) is 13.5 Å². The summed E-state index contributed by atoms with van der Waals surface area (Å²) in [6, 6.07) is 7.12. The lowest BCUT2D eigenvalue weighted by atomic mass is 10.1. The van der Waals surface area contributed by atoms with E-state index in [2.05, 4.69) is 41.1 Å². The number of rotatable bonds is 7. The average Bonchev–Trinajstić information content (AvgIpc) is 3.53. The molecule has 0 atom stereocenters. The van der Waals surface area contributed by atoms with Gasteiger partial charge in [0.2, 0.25) is 0 Å². The zero-order valence-corrected chi connectivity index (χ0v) is 21.0. The topological polar surface area (TPSA) is 137 Å². The zero-order valence-electron chi connectivity index (χ0n) is 20.3. The third-order valence-electron chi connectivity index (χ3n) is 5.30. The Bertz CT molecular complexity index is 1610. The molecule has 3 heterocycles. The van der Waals surface area contributed by atoms with Gasteiger partial charge in [-0.3, -0.25) is 9.59 Å². The standard InChI is InChI=1S/C23H18ClF3N10O2/c1-4-29-20(38)15-9-13(28-3)8-12(2)18(15)31-21(39)17-10-14(11-36-22(23(25,26)27)32-34-35-36)33-37(17)19-16(24)6-5-7-30-19/h5-10H,4,11H2,1-2H3,(H,29,38)(H,31,39). The number of aromatic nitrogens is 7. The molecule has 0 fully saturated rings. The molecule has 0 aliphatic rings. The van der Waals surface area contributed by atoms with Crippen LogP contribution in [-0.2, 0) is 12.7 Å². The van der Waals surface area contributed by atoms with Crippen molar-refractivity contribution in [2.75, 3.05) is 11.9 Å². The average molecular weight is 559 g/mol. The van der Waals surface area contributed by atoms with Crippen LogP contribution in [0.2, 0.25) is 5.02 Å². The minimum Gasteiger partial charge on any atom is -0.352 e. The van der Waals surface area contributed by atoms with E-state index in [0.717, 1.165) is 4.68 Å².